The molecular formula is C17H22N4O4. The third kappa shape index (κ3) is 4.57. The lowest BCUT2D eigenvalue weighted by Crippen LogP contribution is -2.25. The molecule has 0 radical (unpaired) electrons. The van der Waals surface area contributed by atoms with Crippen LogP contribution in [0.2, 0.25) is 0 Å². The van der Waals surface area contributed by atoms with Crippen molar-refractivity contribution in [2.45, 2.75) is 13.3 Å². The molecule has 1 heterocycles. The maximum atomic E-state index is 12.0. The van der Waals surface area contributed by atoms with Crippen LogP contribution in [0.3, 0.4) is 0 Å². The van der Waals surface area contributed by atoms with Gasteiger partial charge in [0.2, 0.25) is 0 Å². The van der Waals surface area contributed by atoms with Gasteiger partial charge in [-0.05, 0) is 37.6 Å². The van der Waals surface area contributed by atoms with Crippen LogP contribution >= 0.6 is 0 Å². The van der Waals surface area contributed by atoms with Crippen molar-refractivity contribution >= 4 is 17.7 Å². The van der Waals surface area contributed by atoms with Gasteiger partial charge in [0.25, 0.3) is 5.91 Å². The van der Waals surface area contributed by atoms with Crippen molar-refractivity contribution in [3.05, 3.63) is 41.6 Å². The fourth-order valence-corrected chi connectivity index (χ4v) is 2.20. The molecule has 8 nitrogen and oxygen atoms in total. The molecule has 0 fully saturated rings. The van der Waals surface area contributed by atoms with Crippen molar-refractivity contribution in [3.8, 4) is 5.69 Å². The number of hydrogen-bond acceptors (Lipinski definition) is 6. The summed E-state index contributed by atoms with van der Waals surface area (Å²) in [6.45, 7) is 3.12. The van der Waals surface area contributed by atoms with Crippen molar-refractivity contribution < 1.29 is 19.1 Å². The van der Waals surface area contributed by atoms with E-state index >= 15 is 0 Å². The van der Waals surface area contributed by atoms with E-state index < -0.39 is 5.97 Å². The highest BCUT2D eigenvalue weighted by atomic mass is 16.5. The predicted octanol–water partition coefficient (Wildman–Crippen LogP) is 1.40. The molecule has 3 N–H and O–H groups in total. The molecule has 25 heavy (non-hydrogen) atoms. The summed E-state index contributed by atoms with van der Waals surface area (Å²) in [5.74, 6) is -0.489. The highest BCUT2D eigenvalue weighted by Crippen LogP contribution is 2.18. The van der Waals surface area contributed by atoms with Gasteiger partial charge in [-0.25, -0.2) is 9.48 Å². The Morgan fingerprint density at radius 2 is 2.00 bits per heavy atom. The number of nitrogens with one attached hydrogen (secondary N) is 1. The second-order valence-electron chi connectivity index (χ2n) is 5.22. The molecule has 0 spiro atoms. The van der Waals surface area contributed by atoms with Gasteiger partial charge >= 0.3 is 5.97 Å². The number of nitrogens with two attached hydrogens (primary N) is 1. The van der Waals surface area contributed by atoms with Crippen molar-refractivity contribution in [2.75, 3.05) is 32.6 Å². The average Bonchev–Trinajstić information content (AvgIpc) is 3.00. The summed E-state index contributed by atoms with van der Waals surface area (Å²) in [6.07, 6.45) is 2.12. The molecule has 134 valence electrons. The van der Waals surface area contributed by atoms with E-state index in [0.29, 0.717) is 24.4 Å². The number of rotatable bonds is 8. The first-order valence-electron chi connectivity index (χ1n) is 7.96. The Labute approximate surface area is 145 Å². The Morgan fingerprint density at radius 1 is 1.28 bits per heavy atom. The SMILES string of the molecule is CCOC(=O)c1cnn(-c2ccc(C(=O)NCCCOC)cc2)c1N. The van der Waals surface area contributed by atoms with E-state index in [1.807, 2.05) is 0 Å². The molecule has 0 aliphatic carbocycles. The number of aromatic nitrogens is 2. The number of benzene rings is 1. The monoisotopic (exact) mass is 346 g/mol. The summed E-state index contributed by atoms with van der Waals surface area (Å²) >= 11 is 0. The molecule has 0 aliphatic heterocycles. The first-order valence-corrected chi connectivity index (χ1v) is 7.96. The van der Waals surface area contributed by atoms with Crippen molar-refractivity contribution in [3.63, 3.8) is 0 Å². The molecule has 0 unspecified atom stereocenters. The first kappa shape index (κ1) is 18.5. The number of nitrogen functional groups attached to an aromatic ring is 1. The number of amides is 1. The maximum Gasteiger partial charge on any atom is 0.343 e. The van der Waals surface area contributed by atoms with Gasteiger partial charge in [-0.15, -0.1) is 0 Å². The number of carbonyl (C=O) groups is 2. The minimum absolute atomic E-state index is 0.164. The van der Waals surface area contributed by atoms with Crippen LogP contribution in [-0.2, 0) is 9.47 Å². The molecule has 2 aromatic rings. The largest absolute Gasteiger partial charge is 0.462 e. The zero-order chi connectivity index (χ0) is 18.2. The Bertz CT molecular complexity index is 725. The molecule has 1 amide bonds. The first-order chi connectivity index (χ1) is 12.1. The van der Waals surface area contributed by atoms with Crippen LogP contribution in [-0.4, -0.2) is 48.5 Å². The van der Waals surface area contributed by atoms with Gasteiger partial charge in [0.05, 0.1) is 18.5 Å². The Morgan fingerprint density at radius 3 is 2.64 bits per heavy atom. The van der Waals surface area contributed by atoms with Gasteiger partial charge in [0.15, 0.2) is 0 Å². The number of carbonyl (C=O) groups excluding carboxylic acids is 2. The van der Waals surface area contributed by atoms with E-state index in [1.165, 1.54) is 10.9 Å². The number of anilines is 1. The van der Waals surface area contributed by atoms with Crippen LogP contribution in [0.5, 0.6) is 0 Å². The number of esters is 1. The topological polar surface area (TPSA) is 108 Å². The van der Waals surface area contributed by atoms with Gasteiger partial charge in [-0.3, -0.25) is 4.79 Å². The lowest BCUT2D eigenvalue weighted by molar-refractivity contribution is 0.0527. The van der Waals surface area contributed by atoms with E-state index in [9.17, 15) is 9.59 Å². The highest BCUT2D eigenvalue weighted by molar-refractivity contribution is 5.95. The summed E-state index contributed by atoms with van der Waals surface area (Å²) in [7, 11) is 1.62. The zero-order valence-electron chi connectivity index (χ0n) is 14.3. The van der Waals surface area contributed by atoms with Gasteiger partial charge < -0.3 is 20.5 Å². The molecule has 2 rings (SSSR count). The summed E-state index contributed by atoms with van der Waals surface area (Å²) in [6, 6.07) is 6.77. The highest BCUT2D eigenvalue weighted by Gasteiger charge is 2.17. The van der Waals surface area contributed by atoms with E-state index in [2.05, 4.69) is 10.4 Å². The fourth-order valence-electron chi connectivity index (χ4n) is 2.20. The average molecular weight is 346 g/mol. The summed E-state index contributed by atoms with van der Waals surface area (Å²) in [5.41, 5.74) is 7.35. The van der Waals surface area contributed by atoms with Crippen LogP contribution < -0.4 is 11.1 Å². The van der Waals surface area contributed by atoms with Crippen molar-refractivity contribution in [2.24, 2.45) is 0 Å². The molecule has 0 saturated heterocycles. The second-order valence-corrected chi connectivity index (χ2v) is 5.22. The van der Waals surface area contributed by atoms with E-state index in [1.54, 1.807) is 38.3 Å². The Balaban J connectivity index is 2.07. The van der Waals surface area contributed by atoms with Gasteiger partial charge in [0.1, 0.15) is 11.4 Å². The minimum Gasteiger partial charge on any atom is -0.462 e. The van der Waals surface area contributed by atoms with Crippen LogP contribution in [0.15, 0.2) is 30.5 Å². The van der Waals surface area contributed by atoms with Crippen LogP contribution in [0.25, 0.3) is 5.69 Å². The van der Waals surface area contributed by atoms with Gasteiger partial charge in [0, 0.05) is 25.8 Å². The van der Waals surface area contributed by atoms with E-state index in [4.69, 9.17) is 15.2 Å². The Kier molecular flexibility index (Phi) is 6.53. The fraction of sp³-hybridized carbons (Fsp3) is 0.353. The molecule has 8 heteroatoms. The minimum atomic E-state index is -0.515. The van der Waals surface area contributed by atoms with Crippen molar-refractivity contribution in [1.29, 1.82) is 0 Å². The summed E-state index contributed by atoms with van der Waals surface area (Å²) < 4.78 is 11.3. The smallest absolute Gasteiger partial charge is 0.343 e. The molecule has 1 aromatic heterocycles. The quantitative estimate of drug-likeness (QED) is 0.552. The molecule has 0 saturated carbocycles. The third-order valence-electron chi connectivity index (χ3n) is 3.49. The van der Waals surface area contributed by atoms with E-state index in [-0.39, 0.29) is 23.9 Å². The Hall–Kier alpha value is -2.87. The molecule has 1 aromatic carbocycles. The maximum absolute atomic E-state index is 12.0. The molecular weight excluding hydrogens is 324 g/mol. The number of hydrogen-bond donors (Lipinski definition) is 2. The summed E-state index contributed by atoms with van der Waals surface area (Å²) in [5, 5.41) is 6.92. The summed E-state index contributed by atoms with van der Waals surface area (Å²) in [4.78, 5) is 23.8. The van der Waals surface area contributed by atoms with Crippen LogP contribution in [0.4, 0.5) is 5.82 Å². The van der Waals surface area contributed by atoms with Crippen molar-refractivity contribution in [1.82, 2.24) is 15.1 Å². The number of nitrogens with zero attached hydrogens (tertiary/aromatic N) is 2. The van der Waals surface area contributed by atoms with Crippen LogP contribution in [0, 0.1) is 0 Å². The predicted molar refractivity (Wildman–Crippen MR) is 92.8 cm³/mol. The number of ether oxygens (including phenoxy) is 2. The van der Waals surface area contributed by atoms with Gasteiger partial charge in [-0.2, -0.15) is 5.10 Å². The molecule has 0 aliphatic rings. The lowest BCUT2D eigenvalue weighted by Gasteiger charge is -2.08. The van der Waals surface area contributed by atoms with Gasteiger partial charge in [-0.1, -0.05) is 0 Å². The third-order valence-corrected chi connectivity index (χ3v) is 3.49. The second kappa shape index (κ2) is 8.84. The number of methoxy groups -OCH3 is 1. The zero-order valence-corrected chi connectivity index (χ0v) is 14.3. The lowest BCUT2D eigenvalue weighted by atomic mass is 10.2. The normalized spacial score (nSPS) is 10.5. The van der Waals surface area contributed by atoms with Crippen LogP contribution in [0.1, 0.15) is 34.1 Å². The molecule has 0 bridgehead atoms. The van der Waals surface area contributed by atoms with E-state index in [0.717, 1.165) is 6.42 Å². The molecule has 0 atom stereocenters. The standard InChI is InChI=1S/C17H22N4O4/c1-3-25-17(23)14-11-20-21(15(14)18)13-7-5-12(6-8-13)16(22)19-9-4-10-24-2/h5-8,11H,3-4,9-10,18H2,1-2H3,(H,19,22).